The monoisotopic (exact) mass is 300 g/mol. The minimum atomic E-state index is -0.331. The predicted octanol–water partition coefficient (Wildman–Crippen LogP) is 2.45. The molecular weight excluding hydrogens is 287 g/mol. The smallest absolute Gasteiger partial charge is 0.314 e. The number of alkyl halides is 1. The van der Waals surface area contributed by atoms with Crippen molar-refractivity contribution in [1.29, 1.82) is 0 Å². The van der Waals surface area contributed by atoms with Gasteiger partial charge in [0.25, 0.3) is 0 Å². The van der Waals surface area contributed by atoms with Crippen molar-refractivity contribution in [1.82, 2.24) is 0 Å². The van der Waals surface area contributed by atoms with E-state index in [1.165, 1.54) is 0 Å². The van der Waals surface area contributed by atoms with Gasteiger partial charge >= 0.3 is 5.97 Å². The van der Waals surface area contributed by atoms with E-state index in [2.05, 4.69) is 22.6 Å². The van der Waals surface area contributed by atoms with Crippen molar-refractivity contribution in [2.45, 2.75) is 25.7 Å². The molecule has 0 aromatic carbocycles. The van der Waals surface area contributed by atoms with Crippen LogP contribution in [0, 0.1) is 5.41 Å². The lowest BCUT2D eigenvalue weighted by Gasteiger charge is -2.38. The molecule has 4 heteroatoms. The first-order valence-electron chi connectivity index (χ1n) is 3.83. The highest BCUT2D eigenvalue weighted by atomic mass is 127. The van der Waals surface area contributed by atoms with E-state index < -0.39 is 0 Å². The van der Waals surface area contributed by atoms with Crippen molar-refractivity contribution in [2.75, 3.05) is 10.2 Å². The average Bonchev–Trinajstić information content (AvgIpc) is 1.97. The first-order valence-corrected chi connectivity index (χ1v) is 6.34. The summed E-state index contributed by atoms with van der Waals surface area (Å²) in [5, 5.41) is 0. The summed E-state index contributed by atoms with van der Waals surface area (Å²) in [4.78, 5) is 11.2. The zero-order valence-corrected chi connectivity index (χ0v) is 10.5. The number of hydrogen-bond acceptors (Lipinski definition) is 3. The van der Waals surface area contributed by atoms with Gasteiger partial charge in [-0.05, 0) is 20.8 Å². The number of halogens is 1. The summed E-state index contributed by atoms with van der Waals surface area (Å²) in [5.74, 6) is 0.808. The molecule has 0 spiro atoms. The molecule has 0 bridgehead atoms. The summed E-state index contributed by atoms with van der Waals surface area (Å²) < 4.78 is 6.13. The second kappa shape index (κ2) is 3.36. The van der Waals surface area contributed by atoms with Crippen LogP contribution in [0.25, 0.3) is 0 Å². The fraction of sp³-hybridized carbons (Fsp3) is 0.875. The van der Waals surface area contributed by atoms with Crippen molar-refractivity contribution < 1.29 is 9.53 Å². The van der Waals surface area contributed by atoms with E-state index in [-0.39, 0.29) is 16.3 Å². The van der Waals surface area contributed by atoms with Crippen LogP contribution >= 0.6 is 34.4 Å². The minimum absolute atomic E-state index is 0.0550. The van der Waals surface area contributed by atoms with Crippen LogP contribution in [0.3, 0.4) is 0 Å². The van der Waals surface area contributed by atoms with Crippen LogP contribution in [0.4, 0.5) is 0 Å². The highest BCUT2D eigenvalue weighted by Gasteiger charge is 2.43. The van der Waals surface area contributed by atoms with Crippen molar-refractivity contribution in [3.05, 3.63) is 0 Å². The molecule has 0 saturated carbocycles. The van der Waals surface area contributed by atoms with Crippen molar-refractivity contribution in [2.24, 2.45) is 5.41 Å². The van der Waals surface area contributed by atoms with Crippen molar-refractivity contribution in [3.8, 4) is 0 Å². The maximum absolute atomic E-state index is 11.5. The average molecular weight is 300 g/mol. The Balaban J connectivity index is 2.72. The summed E-state index contributed by atoms with van der Waals surface area (Å²) >= 11 is 3.94. The van der Waals surface area contributed by atoms with Gasteiger partial charge in [-0.15, -0.1) is 11.8 Å². The lowest BCUT2D eigenvalue weighted by Crippen LogP contribution is -2.44. The number of ether oxygens (including phenoxy) is 1. The fourth-order valence-electron chi connectivity index (χ4n) is 0.861. The molecule has 1 atom stereocenters. The van der Waals surface area contributed by atoms with E-state index >= 15 is 0 Å². The SMILES string of the molecule is CC1(C)OC(=O)C(C)(CI)CS1. The van der Waals surface area contributed by atoms with Crippen LogP contribution in [0.1, 0.15) is 20.8 Å². The molecule has 0 amide bonds. The van der Waals surface area contributed by atoms with Gasteiger partial charge in [0.15, 0.2) is 4.93 Å². The van der Waals surface area contributed by atoms with Gasteiger partial charge in [0.1, 0.15) is 0 Å². The number of rotatable bonds is 1. The van der Waals surface area contributed by atoms with Crippen LogP contribution < -0.4 is 0 Å². The summed E-state index contributed by atoms with van der Waals surface area (Å²) in [6.07, 6.45) is 0. The van der Waals surface area contributed by atoms with Crippen molar-refractivity contribution in [3.63, 3.8) is 0 Å². The van der Waals surface area contributed by atoms with Crippen LogP contribution in [0.15, 0.2) is 0 Å². The van der Waals surface area contributed by atoms with Crippen LogP contribution in [0.5, 0.6) is 0 Å². The molecule has 0 radical (unpaired) electrons. The lowest BCUT2D eigenvalue weighted by atomic mass is 9.96. The molecule has 1 saturated heterocycles. The molecule has 70 valence electrons. The van der Waals surface area contributed by atoms with Gasteiger partial charge < -0.3 is 4.74 Å². The molecule has 1 rings (SSSR count). The Kier molecular flexibility index (Phi) is 2.98. The van der Waals surface area contributed by atoms with E-state index in [4.69, 9.17) is 4.74 Å². The lowest BCUT2D eigenvalue weighted by molar-refractivity contribution is -0.160. The van der Waals surface area contributed by atoms with Gasteiger partial charge in [0, 0.05) is 10.2 Å². The summed E-state index contributed by atoms with van der Waals surface area (Å²) in [6, 6.07) is 0. The van der Waals surface area contributed by atoms with E-state index in [1.807, 2.05) is 20.8 Å². The molecule has 1 aliphatic heterocycles. The predicted molar refractivity (Wildman–Crippen MR) is 59.6 cm³/mol. The minimum Gasteiger partial charge on any atom is -0.448 e. The zero-order valence-electron chi connectivity index (χ0n) is 7.52. The van der Waals surface area contributed by atoms with E-state index in [9.17, 15) is 4.79 Å². The van der Waals surface area contributed by atoms with Gasteiger partial charge in [0.05, 0.1) is 5.41 Å². The molecule has 0 aliphatic carbocycles. The molecule has 0 aromatic heterocycles. The van der Waals surface area contributed by atoms with E-state index in [0.717, 1.165) is 10.2 Å². The van der Waals surface area contributed by atoms with Gasteiger partial charge in [-0.1, -0.05) is 22.6 Å². The zero-order chi connectivity index (χ0) is 9.41. The highest BCUT2D eigenvalue weighted by molar-refractivity contribution is 14.1. The molecule has 1 fully saturated rings. The van der Waals surface area contributed by atoms with Crippen LogP contribution in [-0.2, 0) is 9.53 Å². The Morgan fingerprint density at radius 1 is 1.58 bits per heavy atom. The third kappa shape index (κ3) is 2.07. The first-order chi connectivity index (χ1) is 5.40. The van der Waals surface area contributed by atoms with E-state index in [0.29, 0.717) is 0 Å². The highest BCUT2D eigenvalue weighted by Crippen LogP contribution is 2.40. The standard InChI is InChI=1S/C8H13IO2S/c1-7(2)11-6(10)8(3,4-9)5-12-7/h4-5H2,1-3H3. The number of cyclic esters (lactones) is 1. The number of thioether (sulfide) groups is 1. The second-order valence-electron chi connectivity index (χ2n) is 3.77. The molecular formula is C8H13IO2S. The summed E-state index contributed by atoms with van der Waals surface area (Å²) in [6.45, 7) is 5.83. The first kappa shape index (κ1) is 10.6. The number of esters is 1. The summed E-state index contributed by atoms with van der Waals surface area (Å²) in [7, 11) is 0. The number of carbonyl (C=O) groups excluding carboxylic acids is 1. The fourth-order valence-corrected chi connectivity index (χ4v) is 2.83. The number of hydrogen-bond donors (Lipinski definition) is 0. The molecule has 1 unspecified atom stereocenters. The Morgan fingerprint density at radius 3 is 2.58 bits per heavy atom. The van der Waals surface area contributed by atoms with Crippen molar-refractivity contribution >= 4 is 40.3 Å². The maximum Gasteiger partial charge on any atom is 0.314 e. The van der Waals surface area contributed by atoms with Crippen LogP contribution in [0.2, 0.25) is 0 Å². The van der Waals surface area contributed by atoms with Gasteiger partial charge in [-0.3, -0.25) is 4.79 Å². The quantitative estimate of drug-likeness (QED) is 0.423. The second-order valence-corrected chi connectivity index (χ2v) is 6.10. The Hall–Kier alpha value is 0.550. The third-order valence-electron chi connectivity index (χ3n) is 1.86. The maximum atomic E-state index is 11.5. The molecule has 0 aromatic rings. The molecule has 1 aliphatic rings. The number of carbonyl (C=O) groups is 1. The Morgan fingerprint density at radius 2 is 2.17 bits per heavy atom. The molecule has 2 nitrogen and oxygen atoms in total. The van der Waals surface area contributed by atoms with Gasteiger partial charge in [0.2, 0.25) is 0 Å². The molecule has 1 heterocycles. The normalized spacial score (nSPS) is 34.5. The van der Waals surface area contributed by atoms with E-state index in [1.54, 1.807) is 11.8 Å². The summed E-state index contributed by atoms with van der Waals surface area (Å²) in [5.41, 5.74) is -0.277. The Labute approximate surface area is 90.9 Å². The topological polar surface area (TPSA) is 26.3 Å². The Bertz CT molecular complexity index is 205. The largest absolute Gasteiger partial charge is 0.448 e. The van der Waals surface area contributed by atoms with Gasteiger partial charge in [-0.25, -0.2) is 0 Å². The van der Waals surface area contributed by atoms with Crippen LogP contribution in [-0.4, -0.2) is 21.1 Å². The van der Waals surface area contributed by atoms with Gasteiger partial charge in [-0.2, -0.15) is 0 Å². The molecule has 12 heavy (non-hydrogen) atoms. The third-order valence-corrected chi connectivity index (χ3v) is 5.11. The molecule has 0 N–H and O–H groups in total.